The van der Waals surface area contributed by atoms with Gasteiger partial charge in [0.1, 0.15) is 11.6 Å². The lowest BCUT2D eigenvalue weighted by atomic mass is 10.2. The highest BCUT2D eigenvalue weighted by atomic mass is 16.2. The number of aryl methyl sites for hydroxylation is 1. The molecule has 1 aliphatic heterocycles. The molecule has 0 spiro atoms. The maximum absolute atomic E-state index is 12.4. The lowest BCUT2D eigenvalue weighted by Crippen LogP contribution is -2.38. The van der Waals surface area contributed by atoms with Crippen LogP contribution in [0.1, 0.15) is 17.9 Å². The van der Waals surface area contributed by atoms with Crippen molar-refractivity contribution in [2.45, 2.75) is 25.9 Å². The van der Waals surface area contributed by atoms with Crippen LogP contribution in [0.4, 0.5) is 10.6 Å². The molecule has 0 aliphatic carbocycles. The Labute approximate surface area is 141 Å². The third-order valence-corrected chi connectivity index (χ3v) is 4.21. The van der Waals surface area contributed by atoms with Crippen LogP contribution in [0, 0.1) is 6.92 Å². The van der Waals surface area contributed by atoms with Crippen LogP contribution in [0.5, 0.6) is 0 Å². The summed E-state index contributed by atoms with van der Waals surface area (Å²) in [5.41, 5.74) is 0.884. The number of rotatable bonds is 4. The van der Waals surface area contributed by atoms with Crippen molar-refractivity contribution in [2.24, 2.45) is 0 Å². The number of likely N-dealkylation sites (N-methyl/N-ethyl adjacent to an activating group) is 1. The quantitative estimate of drug-likeness (QED) is 0.929. The topological polar surface area (TPSA) is 74.2 Å². The molecule has 2 amide bonds. The highest BCUT2D eigenvalue weighted by Gasteiger charge is 2.29. The Morgan fingerprint density at radius 3 is 2.88 bits per heavy atom. The molecule has 0 unspecified atom stereocenters. The Kier molecular flexibility index (Phi) is 5.00. The molecule has 1 fully saturated rings. The summed E-state index contributed by atoms with van der Waals surface area (Å²) in [6.07, 6.45) is 4.44. The molecule has 3 rings (SSSR count). The molecule has 1 N–H and O–H groups in total. The van der Waals surface area contributed by atoms with Gasteiger partial charge in [-0.1, -0.05) is 6.07 Å². The van der Waals surface area contributed by atoms with Gasteiger partial charge in [-0.25, -0.2) is 19.7 Å². The van der Waals surface area contributed by atoms with E-state index in [2.05, 4.69) is 25.2 Å². The fourth-order valence-electron chi connectivity index (χ4n) is 2.85. The van der Waals surface area contributed by atoms with Crippen molar-refractivity contribution >= 4 is 11.8 Å². The van der Waals surface area contributed by atoms with Crippen molar-refractivity contribution < 1.29 is 4.79 Å². The number of carbonyl (C=O) groups excluding carboxylic acids is 1. The molecule has 2 aromatic rings. The summed E-state index contributed by atoms with van der Waals surface area (Å²) >= 11 is 0. The second-order valence-electron chi connectivity index (χ2n) is 6.06. The van der Waals surface area contributed by atoms with Crippen molar-refractivity contribution in [1.29, 1.82) is 0 Å². The third-order valence-electron chi connectivity index (χ3n) is 4.21. The molecule has 0 radical (unpaired) electrons. The number of hydrogen-bond acceptors (Lipinski definition) is 5. The van der Waals surface area contributed by atoms with Crippen LogP contribution in [0.15, 0.2) is 36.7 Å². The number of carbonyl (C=O) groups is 1. The van der Waals surface area contributed by atoms with Crippen LogP contribution in [0.25, 0.3) is 0 Å². The molecule has 2 aromatic heterocycles. The number of aromatic nitrogens is 3. The monoisotopic (exact) mass is 326 g/mol. The van der Waals surface area contributed by atoms with Crippen molar-refractivity contribution in [3.8, 4) is 0 Å². The normalized spacial score (nSPS) is 17.3. The zero-order valence-corrected chi connectivity index (χ0v) is 14.0. The maximum Gasteiger partial charge on any atom is 0.323 e. The van der Waals surface area contributed by atoms with Crippen molar-refractivity contribution in [3.05, 3.63) is 48.2 Å². The lowest BCUT2D eigenvalue weighted by molar-refractivity contribution is 0.206. The predicted octanol–water partition coefficient (Wildman–Crippen LogP) is 1.92. The number of likely N-dealkylation sites (tertiary alicyclic amines) is 1. The minimum atomic E-state index is -0.0973. The van der Waals surface area contributed by atoms with Crippen molar-refractivity contribution in [2.75, 3.05) is 25.5 Å². The van der Waals surface area contributed by atoms with E-state index in [1.165, 1.54) is 0 Å². The van der Waals surface area contributed by atoms with E-state index < -0.39 is 0 Å². The van der Waals surface area contributed by atoms with Gasteiger partial charge in [0.2, 0.25) is 0 Å². The SMILES string of the molecule is Cc1cccc(NC(=O)N2CC[C@@H](N(C)Cc3ncccn3)C2)n1. The van der Waals surface area contributed by atoms with E-state index in [-0.39, 0.29) is 6.03 Å². The first kappa shape index (κ1) is 16.3. The van der Waals surface area contributed by atoms with E-state index in [4.69, 9.17) is 0 Å². The van der Waals surface area contributed by atoms with Crippen LogP contribution < -0.4 is 5.32 Å². The van der Waals surface area contributed by atoms with E-state index >= 15 is 0 Å². The van der Waals surface area contributed by atoms with Gasteiger partial charge in [0.15, 0.2) is 0 Å². The first-order valence-electron chi connectivity index (χ1n) is 8.07. The fraction of sp³-hybridized carbons (Fsp3) is 0.412. The largest absolute Gasteiger partial charge is 0.323 e. The van der Waals surface area contributed by atoms with Gasteiger partial charge in [-0.05, 0) is 38.6 Å². The fourth-order valence-corrected chi connectivity index (χ4v) is 2.85. The summed E-state index contributed by atoms with van der Waals surface area (Å²) in [5.74, 6) is 1.39. The molecule has 7 heteroatoms. The number of nitrogens with one attached hydrogen (secondary N) is 1. The first-order chi connectivity index (χ1) is 11.6. The van der Waals surface area contributed by atoms with Gasteiger partial charge in [0, 0.05) is 37.2 Å². The van der Waals surface area contributed by atoms with Crippen LogP contribution in [-0.2, 0) is 6.54 Å². The molecule has 1 aliphatic rings. The molecule has 1 saturated heterocycles. The second-order valence-corrected chi connectivity index (χ2v) is 6.06. The Balaban J connectivity index is 1.53. The van der Waals surface area contributed by atoms with E-state index in [1.54, 1.807) is 18.5 Å². The zero-order valence-electron chi connectivity index (χ0n) is 14.0. The van der Waals surface area contributed by atoms with E-state index in [0.29, 0.717) is 24.9 Å². The number of nitrogens with zero attached hydrogens (tertiary/aromatic N) is 5. The van der Waals surface area contributed by atoms with Crippen LogP contribution in [-0.4, -0.2) is 57.0 Å². The number of amides is 2. The van der Waals surface area contributed by atoms with Crippen LogP contribution in [0.2, 0.25) is 0 Å². The molecule has 0 bridgehead atoms. The molecule has 0 saturated carbocycles. The summed E-state index contributed by atoms with van der Waals surface area (Å²) in [6.45, 7) is 4.02. The Morgan fingerprint density at radius 1 is 1.33 bits per heavy atom. The van der Waals surface area contributed by atoms with Crippen LogP contribution in [0.3, 0.4) is 0 Å². The minimum absolute atomic E-state index is 0.0973. The molecule has 24 heavy (non-hydrogen) atoms. The molecule has 7 nitrogen and oxygen atoms in total. The van der Waals surface area contributed by atoms with Gasteiger partial charge in [0.25, 0.3) is 0 Å². The molecule has 126 valence electrons. The van der Waals surface area contributed by atoms with Gasteiger partial charge in [-0.2, -0.15) is 0 Å². The number of anilines is 1. The average Bonchev–Trinajstić information content (AvgIpc) is 3.06. The summed E-state index contributed by atoms with van der Waals surface area (Å²) in [4.78, 5) is 29.2. The van der Waals surface area contributed by atoms with Gasteiger partial charge in [-0.15, -0.1) is 0 Å². The molecular weight excluding hydrogens is 304 g/mol. The highest BCUT2D eigenvalue weighted by Crippen LogP contribution is 2.17. The smallest absolute Gasteiger partial charge is 0.323 e. The van der Waals surface area contributed by atoms with Gasteiger partial charge >= 0.3 is 6.03 Å². The van der Waals surface area contributed by atoms with Gasteiger partial charge in [0.05, 0.1) is 6.54 Å². The third kappa shape index (κ3) is 4.05. The van der Waals surface area contributed by atoms with E-state index in [9.17, 15) is 4.79 Å². The van der Waals surface area contributed by atoms with Gasteiger partial charge in [-0.3, -0.25) is 10.2 Å². The Morgan fingerprint density at radius 2 is 2.12 bits per heavy atom. The number of hydrogen-bond donors (Lipinski definition) is 1. The van der Waals surface area contributed by atoms with E-state index in [0.717, 1.165) is 24.5 Å². The summed E-state index contributed by atoms with van der Waals surface area (Å²) in [5, 5.41) is 2.87. The van der Waals surface area contributed by atoms with Gasteiger partial charge < -0.3 is 4.90 Å². The summed E-state index contributed by atoms with van der Waals surface area (Å²) in [7, 11) is 2.05. The molecular formula is C17H22N6O. The predicted molar refractivity (Wildman–Crippen MR) is 91.5 cm³/mol. The maximum atomic E-state index is 12.4. The highest BCUT2D eigenvalue weighted by molar-refractivity contribution is 5.88. The van der Waals surface area contributed by atoms with Crippen molar-refractivity contribution in [3.63, 3.8) is 0 Å². The van der Waals surface area contributed by atoms with E-state index in [1.807, 2.05) is 37.1 Å². The zero-order chi connectivity index (χ0) is 16.9. The molecule has 3 heterocycles. The first-order valence-corrected chi connectivity index (χ1v) is 8.07. The lowest BCUT2D eigenvalue weighted by Gasteiger charge is -2.24. The number of urea groups is 1. The van der Waals surface area contributed by atoms with Crippen molar-refractivity contribution in [1.82, 2.24) is 24.8 Å². The van der Waals surface area contributed by atoms with Crippen LogP contribution >= 0.6 is 0 Å². The minimum Gasteiger partial charge on any atom is -0.323 e. The molecule has 0 aromatic carbocycles. The summed E-state index contributed by atoms with van der Waals surface area (Å²) in [6, 6.07) is 7.62. The summed E-state index contributed by atoms with van der Waals surface area (Å²) < 4.78 is 0. The average molecular weight is 326 g/mol. The molecule has 1 atom stereocenters. The Bertz CT molecular complexity index is 692. The standard InChI is InChI=1S/C17H22N6O/c1-13-5-3-6-15(20-13)21-17(24)23-10-7-14(11-23)22(2)12-16-18-8-4-9-19-16/h3-6,8-9,14H,7,10-12H2,1-2H3,(H,20,21,24)/t14-/m1/s1. The number of pyridine rings is 1. The Hall–Kier alpha value is -2.54. The second kappa shape index (κ2) is 7.35.